The molecule has 3 aromatic heterocycles. The smallest absolute Gasteiger partial charge is 0.174 e. The van der Waals surface area contributed by atoms with Crippen LogP contribution in [0.2, 0.25) is 0 Å². The second-order valence-corrected chi connectivity index (χ2v) is 11.4. The molecule has 0 unspecified atom stereocenters. The van der Waals surface area contributed by atoms with E-state index in [0.29, 0.717) is 14.3 Å². The summed E-state index contributed by atoms with van der Waals surface area (Å²) in [5.41, 5.74) is 3.93. The molecule has 0 aromatic carbocycles. The zero-order valence-corrected chi connectivity index (χ0v) is 21.9. The number of H-pyrrole nitrogens is 6. The Labute approximate surface area is 194 Å². The third-order valence-corrected chi connectivity index (χ3v) is 4.87. The first kappa shape index (κ1) is 26.3. The van der Waals surface area contributed by atoms with Crippen LogP contribution < -0.4 is 0 Å². The highest BCUT2D eigenvalue weighted by molar-refractivity contribution is 7.71. The summed E-state index contributed by atoms with van der Waals surface area (Å²) in [7, 11) is 0. The normalized spacial score (nSPS) is 11.9. The summed E-state index contributed by atoms with van der Waals surface area (Å²) in [6.07, 6.45) is 5.76. The van der Waals surface area contributed by atoms with Gasteiger partial charge in [-0.3, -0.25) is 0 Å². The summed E-state index contributed by atoms with van der Waals surface area (Å²) >= 11 is 14.7. The molecule has 3 heterocycles. The lowest BCUT2D eigenvalue weighted by atomic mass is 9.93. The summed E-state index contributed by atoms with van der Waals surface area (Å²) in [5.74, 6) is 0. The molecule has 0 aliphatic rings. The van der Waals surface area contributed by atoms with Gasteiger partial charge in [-0.05, 0) is 36.7 Å². The summed E-state index contributed by atoms with van der Waals surface area (Å²) < 4.78 is 2.10. The number of imidazole rings is 3. The van der Waals surface area contributed by atoms with Gasteiger partial charge in [0.1, 0.15) is 0 Å². The number of aromatic nitrogens is 6. The van der Waals surface area contributed by atoms with E-state index in [1.54, 1.807) is 0 Å². The van der Waals surface area contributed by atoms with Crippen molar-refractivity contribution in [2.75, 3.05) is 0 Å². The Morgan fingerprint density at radius 3 is 0.733 bits per heavy atom. The van der Waals surface area contributed by atoms with Crippen molar-refractivity contribution in [3.8, 4) is 0 Å². The van der Waals surface area contributed by atoms with Crippen LogP contribution in [0.15, 0.2) is 18.6 Å². The molecule has 0 spiro atoms. The van der Waals surface area contributed by atoms with E-state index >= 15 is 0 Å². The summed E-state index contributed by atoms with van der Waals surface area (Å²) in [4.78, 5) is 18.0. The van der Waals surface area contributed by atoms with Gasteiger partial charge in [0.05, 0.1) is 0 Å². The van der Waals surface area contributed by atoms with Crippen molar-refractivity contribution >= 4 is 36.7 Å². The average molecular weight is 469 g/mol. The quantitative estimate of drug-likeness (QED) is 0.198. The standard InChI is InChI=1S/3C7H12N2S/c3*1-7(2,3)5-4-8-6(10)9-5/h3*4H,1-3H3,(H2,8,9,10). The molecule has 6 N–H and O–H groups in total. The van der Waals surface area contributed by atoms with Gasteiger partial charge in [0, 0.05) is 51.9 Å². The van der Waals surface area contributed by atoms with E-state index in [0.717, 1.165) is 17.1 Å². The van der Waals surface area contributed by atoms with Gasteiger partial charge in [-0.1, -0.05) is 62.3 Å². The highest BCUT2D eigenvalue weighted by Gasteiger charge is 2.15. The second-order valence-electron chi connectivity index (χ2n) is 10.2. The van der Waals surface area contributed by atoms with Crippen LogP contribution in [0, 0.1) is 14.3 Å². The Hall–Kier alpha value is -1.71. The van der Waals surface area contributed by atoms with E-state index < -0.39 is 0 Å². The van der Waals surface area contributed by atoms with Gasteiger partial charge in [-0.2, -0.15) is 0 Å². The van der Waals surface area contributed by atoms with E-state index in [2.05, 4.69) is 92.2 Å². The molecule has 0 fully saturated rings. The molecule has 168 valence electrons. The summed E-state index contributed by atoms with van der Waals surface area (Å²) in [6.45, 7) is 19.3. The molecular weight excluding hydrogens is 432 g/mol. The maximum Gasteiger partial charge on any atom is 0.174 e. The third-order valence-electron chi connectivity index (χ3n) is 4.21. The van der Waals surface area contributed by atoms with Gasteiger partial charge >= 0.3 is 0 Å². The number of aromatic amines is 6. The lowest BCUT2D eigenvalue weighted by Gasteiger charge is -2.14. The number of nitrogens with one attached hydrogen (secondary N) is 6. The van der Waals surface area contributed by atoms with Crippen molar-refractivity contribution in [3.63, 3.8) is 0 Å². The predicted octanol–water partition coefficient (Wildman–Crippen LogP) is 7.11. The van der Waals surface area contributed by atoms with Crippen molar-refractivity contribution in [3.05, 3.63) is 50.0 Å². The Kier molecular flexibility index (Phi) is 8.83. The van der Waals surface area contributed by atoms with Crippen LogP contribution in [-0.4, -0.2) is 29.9 Å². The molecule has 3 aromatic rings. The van der Waals surface area contributed by atoms with Gasteiger partial charge in [-0.15, -0.1) is 0 Å². The van der Waals surface area contributed by atoms with E-state index in [1.165, 1.54) is 0 Å². The predicted molar refractivity (Wildman–Crippen MR) is 134 cm³/mol. The zero-order chi connectivity index (χ0) is 23.3. The Bertz CT molecular complexity index is 929. The van der Waals surface area contributed by atoms with Crippen LogP contribution in [0.1, 0.15) is 79.4 Å². The lowest BCUT2D eigenvalue weighted by Crippen LogP contribution is -2.11. The van der Waals surface area contributed by atoms with Gasteiger partial charge in [-0.25, -0.2) is 0 Å². The van der Waals surface area contributed by atoms with Crippen LogP contribution in [0.5, 0.6) is 0 Å². The second kappa shape index (κ2) is 10.1. The highest BCUT2D eigenvalue weighted by Crippen LogP contribution is 2.19. The third kappa shape index (κ3) is 8.97. The number of hydrogen-bond acceptors (Lipinski definition) is 3. The molecule has 0 amide bonds. The minimum atomic E-state index is 0.160. The van der Waals surface area contributed by atoms with E-state index in [-0.39, 0.29) is 16.2 Å². The zero-order valence-electron chi connectivity index (χ0n) is 19.5. The van der Waals surface area contributed by atoms with Crippen LogP contribution in [-0.2, 0) is 16.2 Å². The number of hydrogen-bond donors (Lipinski definition) is 6. The maximum atomic E-state index is 4.89. The first-order valence-corrected chi connectivity index (χ1v) is 11.1. The highest BCUT2D eigenvalue weighted by atomic mass is 32.1. The summed E-state index contributed by atoms with van der Waals surface area (Å²) in [5, 5.41) is 0. The van der Waals surface area contributed by atoms with E-state index in [1.807, 2.05) is 18.6 Å². The lowest BCUT2D eigenvalue weighted by molar-refractivity contribution is 0.572. The van der Waals surface area contributed by atoms with Crippen LogP contribution in [0.4, 0.5) is 0 Å². The van der Waals surface area contributed by atoms with Gasteiger partial charge in [0.15, 0.2) is 14.3 Å². The molecule has 0 atom stereocenters. The van der Waals surface area contributed by atoms with Crippen molar-refractivity contribution in [2.24, 2.45) is 0 Å². The SMILES string of the molecule is CC(C)(C)c1c[nH]c(=S)[nH]1.CC(C)(C)c1c[nH]c(=S)[nH]1.CC(C)(C)c1c[nH]c(=S)[nH]1. The van der Waals surface area contributed by atoms with E-state index in [9.17, 15) is 0 Å². The van der Waals surface area contributed by atoms with Crippen molar-refractivity contribution in [1.82, 2.24) is 29.9 Å². The maximum absolute atomic E-state index is 4.89. The first-order valence-electron chi connectivity index (χ1n) is 9.84. The Balaban J connectivity index is 0.000000225. The minimum absolute atomic E-state index is 0.160. The summed E-state index contributed by atoms with van der Waals surface area (Å²) in [6, 6.07) is 0. The van der Waals surface area contributed by atoms with Crippen molar-refractivity contribution < 1.29 is 0 Å². The Morgan fingerprint density at radius 1 is 0.467 bits per heavy atom. The molecule has 30 heavy (non-hydrogen) atoms. The van der Waals surface area contributed by atoms with Crippen LogP contribution >= 0.6 is 36.7 Å². The van der Waals surface area contributed by atoms with Crippen LogP contribution in [0.3, 0.4) is 0 Å². The molecule has 0 saturated heterocycles. The average Bonchev–Trinajstić information content (AvgIpc) is 3.27. The Morgan fingerprint density at radius 2 is 0.667 bits per heavy atom. The topological polar surface area (TPSA) is 94.7 Å². The van der Waals surface area contributed by atoms with Gasteiger partial charge in [0.25, 0.3) is 0 Å². The fourth-order valence-electron chi connectivity index (χ4n) is 2.21. The van der Waals surface area contributed by atoms with Crippen LogP contribution in [0.25, 0.3) is 0 Å². The molecule has 0 aliphatic carbocycles. The van der Waals surface area contributed by atoms with Gasteiger partial charge in [0.2, 0.25) is 0 Å². The van der Waals surface area contributed by atoms with Crippen molar-refractivity contribution in [2.45, 2.75) is 78.6 Å². The molecule has 0 radical (unpaired) electrons. The largest absolute Gasteiger partial charge is 0.337 e. The molecule has 9 heteroatoms. The monoisotopic (exact) mass is 468 g/mol. The number of rotatable bonds is 0. The fraction of sp³-hybridized carbons (Fsp3) is 0.571. The molecule has 0 aliphatic heterocycles. The minimum Gasteiger partial charge on any atom is -0.337 e. The molecular formula is C21H36N6S3. The fourth-order valence-corrected chi connectivity index (χ4v) is 2.72. The van der Waals surface area contributed by atoms with E-state index in [4.69, 9.17) is 36.7 Å². The first-order chi connectivity index (χ1) is 13.5. The van der Waals surface area contributed by atoms with Crippen molar-refractivity contribution in [1.29, 1.82) is 0 Å². The molecule has 0 saturated carbocycles. The van der Waals surface area contributed by atoms with Gasteiger partial charge < -0.3 is 29.9 Å². The molecule has 3 rings (SSSR count). The molecule has 6 nitrogen and oxygen atoms in total. The molecule has 0 bridgehead atoms.